The molecule has 0 heterocycles. The molecule has 4 heteroatoms. The van der Waals surface area contributed by atoms with Gasteiger partial charge >= 0.3 is 0 Å². The standard InChI is InChI=1S/C24H31NO3/c1-17(2)14-25-21-11-12-24(18(3)13-21)28-15-20-9-7-8-10-22(20)23(16-26-5)19(4)27-6/h7-13,16-17,25H,4,14-15H2,1-3,5-6H3/b23-16-. The lowest BCUT2D eigenvalue weighted by atomic mass is 10.00. The Morgan fingerprint density at radius 1 is 1.14 bits per heavy atom. The lowest BCUT2D eigenvalue weighted by Crippen LogP contribution is -2.08. The molecular weight excluding hydrogens is 350 g/mol. The van der Waals surface area contributed by atoms with Crippen molar-refractivity contribution in [2.24, 2.45) is 5.92 Å². The molecule has 0 bridgehead atoms. The molecule has 28 heavy (non-hydrogen) atoms. The van der Waals surface area contributed by atoms with Gasteiger partial charge in [-0.1, -0.05) is 44.7 Å². The first-order valence-corrected chi connectivity index (χ1v) is 9.48. The highest BCUT2D eigenvalue weighted by molar-refractivity contribution is 5.77. The van der Waals surface area contributed by atoms with Crippen LogP contribution in [0.2, 0.25) is 0 Å². The molecule has 150 valence electrons. The summed E-state index contributed by atoms with van der Waals surface area (Å²) in [5, 5.41) is 3.44. The zero-order valence-corrected chi connectivity index (χ0v) is 17.5. The minimum atomic E-state index is 0.438. The smallest absolute Gasteiger partial charge is 0.122 e. The maximum atomic E-state index is 6.12. The fraction of sp³-hybridized carbons (Fsp3) is 0.333. The van der Waals surface area contributed by atoms with Crippen LogP contribution in [0.4, 0.5) is 5.69 Å². The average Bonchev–Trinajstić information content (AvgIpc) is 2.69. The van der Waals surface area contributed by atoms with E-state index in [1.54, 1.807) is 20.5 Å². The number of hydrogen-bond acceptors (Lipinski definition) is 4. The van der Waals surface area contributed by atoms with Crippen molar-refractivity contribution in [1.29, 1.82) is 0 Å². The Kier molecular flexibility index (Phi) is 8.00. The summed E-state index contributed by atoms with van der Waals surface area (Å²) in [6.45, 7) is 11.8. The lowest BCUT2D eigenvalue weighted by molar-refractivity contribution is 0.299. The van der Waals surface area contributed by atoms with Gasteiger partial charge in [-0.15, -0.1) is 0 Å². The number of anilines is 1. The Morgan fingerprint density at radius 3 is 2.54 bits per heavy atom. The van der Waals surface area contributed by atoms with Crippen molar-refractivity contribution < 1.29 is 14.2 Å². The molecule has 0 radical (unpaired) electrons. The van der Waals surface area contributed by atoms with Crippen LogP contribution < -0.4 is 10.1 Å². The van der Waals surface area contributed by atoms with Crippen molar-refractivity contribution in [3.63, 3.8) is 0 Å². The SMILES string of the molecule is C=C(OC)/C(=C/OC)c1ccccc1COc1ccc(NCC(C)C)cc1C. The number of allylic oxidation sites excluding steroid dienone is 1. The predicted molar refractivity (Wildman–Crippen MR) is 116 cm³/mol. The fourth-order valence-corrected chi connectivity index (χ4v) is 2.81. The second kappa shape index (κ2) is 10.5. The molecular formula is C24H31NO3. The van der Waals surface area contributed by atoms with Crippen molar-refractivity contribution in [1.82, 2.24) is 0 Å². The van der Waals surface area contributed by atoms with Crippen LogP contribution in [0.25, 0.3) is 5.57 Å². The molecule has 0 aliphatic rings. The number of aryl methyl sites for hydroxylation is 1. The highest BCUT2D eigenvalue weighted by Crippen LogP contribution is 2.28. The van der Waals surface area contributed by atoms with Gasteiger partial charge in [-0.2, -0.15) is 0 Å². The van der Waals surface area contributed by atoms with Gasteiger partial charge in [-0.05, 0) is 47.7 Å². The summed E-state index contributed by atoms with van der Waals surface area (Å²) in [6.07, 6.45) is 1.64. The Labute approximate surface area is 168 Å². The molecule has 0 aliphatic carbocycles. The van der Waals surface area contributed by atoms with Gasteiger partial charge in [0, 0.05) is 12.2 Å². The number of methoxy groups -OCH3 is 2. The van der Waals surface area contributed by atoms with Gasteiger partial charge in [0.25, 0.3) is 0 Å². The third-order valence-electron chi connectivity index (χ3n) is 4.36. The molecule has 4 nitrogen and oxygen atoms in total. The summed E-state index contributed by atoms with van der Waals surface area (Å²) in [5.41, 5.74) is 5.02. The van der Waals surface area contributed by atoms with Crippen LogP contribution >= 0.6 is 0 Å². The second-order valence-corrected chi connectivity index (χ2v) is 7.10. The van der Waals surface area contributed by atoms with E-state index < -0.39 is 0 Å². The zero-order valence-electron chi connectivity index (χ0n) is 17.5. The van der Waals surface area contributed by atoms with Crippen molar-refractivity contribution in [2.45, 2.75) is 27.4 Å². The quantitative estimate of drug-likeness (QED) is 0.418. The number of benzene rings is 2. The molecule has 0 spiro atoms. The fourth-order valence-electron chi connectivity index (χ4n) is 2.81. The van der Waals surface area contributed by atoms with E-state index >= 15 is 0 Å². The Bertz CT molecular complexity index is 824. The van der Waals surface area contributed by atoms with E-state index in [9.17, 15) is 0 Å². The third kappa shape index (κ3) is 5.81. The van der Waals surface area contributed by atoms with Crippen LogP contribution in [0.3, 0.4) is 0 Å². The van der Waals surface area contributed by atoms with E-state index in [4.69, 9.17) is 14.2 Å². The van der Waals surface area contributed by atoms with Crippen molar-refractivity contribution >= 4 is 11.3 Å². The normalized spacial score (nSPS) is 11.3. The zero-order chi connectivity index (χ0) is 20.5. The molecule has 2 aromatic carbocycles. The summed E-state index contributed by atoms with van der Waals surface area (Å²) in [7, 11) is 3.21. The first-order chi connectivity index (χ1) is 13.5. The number of rotatable bonds is 10. The largest absolute Gasteiger partial charge is 0.504 e. The van der Waals surface area contributed by atoms with Crippen LogP contribution in [0.15, 0.2) is 61.1 Å². The Balaban J connectivity index is 2.17. The van der Waals surface area contributed by atoms with Crippen molar-refractivity contribution in [3.05, 3.63) is 77.8 Å². The first kappa shape index (κ1) is 21.4. The number of nitrogens with one attached hydrogen (secondary N) is 1. The summed E-state index contributed by atoms with van der Waals surface area (Å²) in [4.78, 5) is 0. The molecule has 2 rings (SSSR count). The van der Waals surface area contributed by atoms with Gasteiger partial charge in [-0.3, -0.25) is 0 Å². The van der Waals surface area contributed by atoms with E-state index in [1.807, 2.05) is 30.3 Å². The van der Waals surface area contributed by atoms with Gasteiger partial charge in [0.2, 0.25) is 0 Å². The minimum absolute atomic E-state index is 0.438. The van der Waals surface area contributed by atoms with Crippen LogP contribution in [-0.4, -0.2) is 20.8 Å². The maximum absolute atomic E-state index is 6.12. The van der Waals surface area contributed by atoms with Gasteiger partial charge in [0.1, 0.15) is 18.1 Å². The van der Waals surface area contributed by atoms with E-state index in [0.717, 1.165) is 40.2 Å². The van der Waals surface area contributed by atoms with E-state index in [2.05, 4.69) is 44.8 Å². The highest BCUT2D eigenvalue weighted by Gasteiger charge is 2.13. The third-order valence-corrected chi connectivity index (χ3v) is 4.36. The van der Waals surface area contributed by atoms with Crippen LogP contribution in [0.5, 0.6) is 5.75 Å². The van der Waals surface area contributed by atoms with Gasteiger partial charge in [0.15, 0.2) is 0 Å². The van der Waals surface area contributed by atoms with E-state index in [-0.39, 0.29) is 0 Å². The molecule has 0 fully saturated rings. The molecule has 0 aliphatic heterocycles. The molecule has 0 unspecified atom stereocenters. The van der Waals surface area contributed by atoms with Crippen LogP contribution in [0.1, 0.15) is 30.5 Å². The summed E-state index contributed by atoms with van der Waals surface area (Å²) < 4.78 is 16.7. The Hall–Kier alpha value is -2.88. The molecule has 2 aromatic rings. The van der Waals surface area contributed by atoms with Gasteiger partial charge in [-0.25, -0.2) is 0 Å². The summed E-state index contributed by atoms with van der Waals surface area (Å²) in [6, 6.07) is 14.2. The first-order valence-electron chi connectivity index (χ1n) is 9.48. The average molecular weight is 382 g/mol. The molecule has 0 saturated carbocycles. The topological polar surface area (TPSA) is 39.7 Å². The van der Waals surface area contributed by atoms with Gasteiger partial charge < -0.3 is 19.5 Å². The van der Waals surface area contributed by atoms with Crippen LogP contribution in [0, 0.1) is 12.8 Å². The molecule has 0 atom stereocenters. The molecule has 0 amide bonds. The van der Waals surface area contributed by atoms with E-state index in [1.165, 1.54) is 0 Å². The predicted octanol–water partition coefficient (Wildman–Crippen LogP) is 5.79. The molecule has 0 aromatic heterocycles. The minimum Gasteiger partial charge on any atom is -0.504 e. The van der Waals surface area contributed by atoms with Crippen LogP contribution in [-0.2, 0) is 16.1 Å². The number of hydrogen-bond donors (Lipinski definition) is 1. The highest BCUT2D eigenvalue weighted by atomic mass is 16.5. The lowest BCUT2D eigenvalue weighted by Gasteiger charge is -2.16. The second-order valence-electron chi connectivity index (χ2n) is 7.10. The Morgan fingerprint density at radius 2 is 1.89 bits per heavy atom. The van der Waals surface area contributed by atoms with Gasteiger partial charge in [0.05, 0.1) is 26.1 Å². The van der Waals surface area contributed by atoms with Crippen molar-refractivity contribution in [2.75, 3.05) is 26.1 Å². The van der Waals surface area contributed by atoms with Crippen molar-refractivity contribution in [3.8, 4) is 5.75 Å². The number of ether oxygens (including phenoxy) is 3. The monoisotopic (exact) mass is 381 g/mol. The molecule has 0 saturated heterocycles. The summed E-state index contributed by atoms with van der Waals surface area (Å²) >= 11 is 0. The van der Waals surface area contributed by atoms with E-state index in [0.29, 0.717) is 18.3 Å². The summed E-state index contributed by atoms with van der Waals surface area (Å²) in [5.74, 6) is 2.02. The maximum Gasteiger partial charge on any atom is 0.122 e. The molecule has 1 N–H and O–H groups in total.